The first-order valence-electron chi connectivity index (χ1n) is 12.3. The van der Waals surface area contributed by atoms with Crippen LogP contribution in [0.3, 0.4) is 0 Å². The first-order chi connectivity index (χ1) is 16.4. The highest BCUT2D eigenvalue weighted by Crippen LogP contribution is 2.45. The summed E-state index contributed by atoms with van der Waals surface area (Å²) in [5, 5.41) is 0. The van der Waals surface area contributed by atoms with Crippen LogP contribution in [0, 0.1) is 41.0 Å². The summed E-state index contributed by atoms with van der Waals surface area (Å²) in [7, 11) is 0. The summed E-state index contributed by atoms with van der Waals surface area (Å²) < 4.78 is 64.1. The van der Waals surface area contributed by atoms with Crippen molar-refractivity contribution in [3.05, 3.63) is 78.1 Å². The van der Waals surface area contributed by atoms with Gasteiger partial charge in [-0.25, -0.2) is 13.2 Å². The van der Waals surface area contributed by atoms with E-state index in [1.165, 1.54) is 62.3 Å². The molecule has 0 amide bonds. The maximum absolute atomic E-state index is 15.1. The van der Waals surface area contributed by atoms with Gasteiger partial charge in [0.15, 0.2) is 23.2 Å². The molecule has 0 saturated heterocycles. The predicted octanol–water partition coefficient (Wildman–Crippen LogP) is 9.09. The molecule has 2 aliphatic carbocycles. The minimum Gasteiger partial charge on any atom is -0.462 e. The second-order valence-electron chi connectivity index (χ2n) is 9.68. The number of hydrogen-bond acceptors (Lipinski definition) is 1. The highest BCUT2D eigenvalue weighted by Gasteiger charge is 2.32. The van der Waals surface area contributed by atoms with Crippen LogP contribution < -0.4 is 4.74 Å². The van der Waals surface area contributed by atoms with Crippen molar-refractivity contribution in [1.29, 1.82) is 0 Å². The first-order valence-corrected chi connectivity index (χ1v) is 12.3. The minimum absolute atomic E-state index is 0.0532. The van der Waals surface area contributed by atoms with E-state index in [1.807, 2.05) is 0 Å². The van der Waals surface area contributed by atoms with Crippen LogP contribution in [0.5, 0.6) is 5.75 Å². The van der Waals surface area contributed by atoms with Gasteiger partial charge < -0.3 is 4.74 Å². The molecule has 2 aromatic carbocycles. The maximum atomic E-state index is 15.1. The molecule has 0 aliphatic heterocycles. The van der Waals surface area contributed by atoms with Gasteiger partial charge in [0.2, 0.25) is 5.82 Å². The first kappa shape index (κ1) is 24.6. The molecule has 5 heteroatoms. The third kappa shape index (κ3) is 4.94. The maximum Gasteiger partial charge on any atom is 0.201 e. The molecule has 0 atom stereocenters. The third-order valence-electron chi connectivity index (χ3n) is 7.81. The molecule has 2 saturated carbocycles. The third-order valence-corrected chi connectivity index (χ3v) is 7.81. The molecule has 4 rings (SSSR count). The monoisotopic (exact) mass is 472 g/mol. The van der Waals surface area contributed by atoms with Crippen molar-refractivity contribution in [1.82, 2.24) is 0 Å². The fourth-order valence-corrected chi connectivity index (χ4v) is 5.81. The second kappa shape index (κ2) is 10.8. The van der Waals surface area contributed by atoms with Gasteiger partial charge in [0.25, 0.3) is 0 Å². The Bertz CT molecular complexity index is 1040. The van der Waals surface area contributed by atoms with Gasteiger partial charge in [-0.15, -0.1) is 6.58 Å². The number of allylic oxidation sites excluding steroid dienone is 2. The largest absolute Gasteiger partial charge is 0.462 e. The highest BCUT2D eigenvalue weighted by molar-refractivity contribution is 5.66. The number of hydrogen-bond donors (Lipinski definition) is 0. The van der Waals surface area contributed by atoms with Gasteiger partial charge in [-0.3, -0.25) is 0 Å². The van der Waals surface area contributed by atoms with Crippen LogP contribution >= 0.6 is 0 Å². The summed E-state index contributed by atoms with van der Waals surface area (Å²) in [5.74, 6) is -2.95. The van der Waals surface area contributed by atoms with Gasteiger partial charge in [-0.1, -0.05) is 24.3 Å². The average Bonchev–Trinajstić information content (AvgIpc) is 2.87. The molecule has 0 bridgehead atoms. The van der Waals surface area contributed by atoms with Gasteiger partial charge in [0.05, 0.1) is 6.26 Å². The predicted molar refractivity (Wildman–Crippen MR) is 127 cm³/mol. The van der Waals surface area contributed by atoms with Crippen molar-refractivity contribution >= 4 is 0 Å². The van der Waals surface area contributed by atoms with E-state index < -0.39 is 23.3 Å². The topological polar surface area (TPSA) is 9.23 Å². The van der Waals surface area contributed by atoms with Gasteiger partial charge in [0, 0.05) is 11.1 Å². The lowest BCUT2D eigenvalue weighted by atomic mass is 9.68. The Hall–Kier alpha value is -2.56. The lowest BCUT2D eigenvalue weighted by Gasteiger charge is -2.37. The molecule has 2 fully saturated rings. The SMILES string of the molecule is C=CC1CCC(C2CCC(c3ccc(-c4ccc(O/C=C/C)c(F)c4F)c(F)c3F)CC2)CC1. The zero-order valence-corrected chi connectivity index (χ0v) is 19.6. The Morgan fingerprint density at radius 1 is 0.735 bits per heavy atom. The van der Waals surface area contributed by atoms with E-state index in [0.29, 0.717) is 17.4 Å². The molecule has 0 heterocycles. The lowest BCUT2D eigenvalue weighted by molar-refractivity contribution is 0.171. The van der Waals surface area contributed by atoms with Crippen LogP contribution in [0.1, 0.15) is 69.8 Å². The van der Waals surface area contributed by atoms with E-state index in [2.05, 4.69) is 12.7 Å². The Balaban J connectivity index is 1.48. The zero-order valence-electron chi connectivity index (χ0n) is 19.6. The van der Waals surface area contributed by atoms with Crippen molar-refractivity contribution in [2.24, 2.45) is 17.8 Å². The fraction of sp³-hybridized carbons (Fsp3) is 0.448. The van der Waals surface area contributed by atoms with E-state index in [4.69, 9.17) is 4.74 Å². The van der Waals surface area contributed by atoms with Crippen LogP contribution in [0.15, 0.2) is 49.3 Å². The Labute approximate surface area is 199 Å². The summed E-state index contributed by atoms with van der Waals surface area (Å²) >= 11 is 0. The molecule has 0 radical (unpaired) electrons. The molecular weight excluding hydrogens is 440 g/mol. The van der Waals surface area contributed by atoms with Crippen molar-refractivity contribution in [2.45, 2.75) is 64.2 Å². The molecular formula is C29H32F4O. The molecule has 34 heavy (non-hydrogen) atoms. The molecule has 2 aliphatic rings. The number of halogens is 4. The lowest BCUT2D eigenvalue weighted by Crippen LogP contribution is -2.25. The highest BCUT2D eigenvalue weighted by atomic mass is 19.2. The summed E-state index contributed by atoms with van der Waals surface area (Å²) in [6.45, 7) is 5.59. The standard InChI is InChI=1S/C29H32F4O/c1-3-17-34-25-16-15-24(28(32)29(25)33)23-14-13-22(26(30)27(23)31)21-11-9-20(10-12-21)19-7-5-18(4-2)6-8-19/h3-4,13-21H,2,5-12H2,1H3/b17-3+. The van der Waals surface area contributed by atoms with Crippen molar-refractivity contribution in [3.63, 3.8) is 0 Å². The molecule has 0 unspecified atom stereocenters. The van der Waals surface area contributed by atoms with Gasteiger partial charge >= 0.3 is 0 Å². The molecule has 182 valence electrons. The van der Waals surface area contributed by atoms with Gasteiger partial charge in [0.1, 0.15) is 0 Å². The summed E-state index contributed by atoms with van der Waals surface area (Å²) in [5.41, 5.74) is -0.279. The number of benzene rings is 2. The van der Waals surface area contributed by atoms with Crippen molar-refractivity contribution in [2.75, 3.05) is 0 Å². The Kier molecular flexibility index (Phi) is 7.80. The minimum atomic E-state index is -1.26. The van der Waals surface area contributed by atoms with Crippen molar-refractivity contribution < 1.29 is 22.3 Å². The fourth-order valence-electron chi connectivity index (χ4n) is 5.81. The molecule has 0 N–H and O–H groups in total. The summed E-state index contributed by atoms with van der Waals surface area (Å²) in [4.78, 5) is 0. The molecule has 0 spiro atoms. The van der Waals surface area contributed by atoms with Crippen LogP contribution in [0.4, 0.5) is 17.6 Å². The van der Waals surface area contributed by atoms with E-state index in [1.54, 1.807) is 6.92 Å². The Morgan fingerprint density at radius 3 is 1.88 bits per heavy atom. The van der Waals surface area contributed by atoms with E-state index in [0.717, 1.165) is 31.6 Å². The smallest absolute Gasteiger partial charge is 0.201 e. The number of rotatable bonds is 6. The van der Waals surface area contributed by atoms with Gasteiger partial charge in [-0.05, 0) is 99.7 Å². The van der Waals surface area contributed by atoms with Gasteiger partial charge in [-0.2, -0.15) is 4.39 Å². The van der Waals surface area contributed by atoms with E-state index in [9.17, 15) is 8.78 Å². The van der Waals surface area contributed by atoms with Crippen LogP contribution in [-0.2, 0) is 0 Å². The average molecular weight is 473 g/mol. The molecule has 0 aromatic heterocycles. The van der Waals surface area contributed by atoms with Crippen LogP contribution in [-0.4, -0.2) is 0 Å². The van der Waals surface area contributed by atoms with Crippen molar-refractivity contribution in [3.8, 4) is 16.9 Å². The molecule has 2 aromatic rings. The van der Waals surface area contributed by atoms with E-state index in [-0.39, 0.29) is 22.8 Å². The van der Waals surface area contributed by atoms with Crippen LogP contribution in [0.25, 0.3) is 11.1 Å². The summed E-state index contributed by atoms with van der Waals surface area (Å²) in [6, 6.07) is 5.32. The number of ether oxygens (including phenoxy) is 1. The molecule has 1 nitrogen and oxygen atoms in total. The second-order valence-corrected chi connectivity index (χ2v) is 9.68. The van der Waals surface area contributed by atoms with Crippen LogP contribution in [0.2, 0.25) is 0 Å². The quantitative estimate of drug-likeness (QED) is 0.231. The normalized spacial score (nSPS) is 25.4. The summed E-state index contributed by atoms with van der Waals surface area (Å²) in [6.07, 6.45) is 13.4. The Morgan fingerprint density at radius 2 is 1.29 bits per heavy atom. The zero-order chi connectivity index (χ0) is 24.2. The van der Waals surface area contributed by atoms with E-state index >= 15 is 8.78 Å².